The fourth-order valence-corrected chi connectivity index (χ4v) is 4.34. The average Bonchev–Trinajstić information content (AvgIpc) is 2.96. The second-order valence-electron chi connectivity index (χ2n) is 8.94. The van der Waals surface area contributed by atoms with Gasteiger partial charge in [-0.1, -0.05) is 83.9 Å². The second-order valence-corrected chi connectivity index (χ2v) is 9.81. The number of hydrogen-bond donors (Lipinski definition) is 4. The van der Waals surface area contributed by atoms with Crippen molar-refractivity contribution in [3.63, 3.8) is 0 Å². The monoisotopic (exact) mass is 560 g/mol. The number of hydrogen-bond acceptors (Lipinski definition) is 4. The Balaban J connectivity index is 1.35. The molecule has 0 radical (unpaired) electrons. The molecular weight excluding hydrogens is 531 g/mol. The summed E-state index contributed by atoms with van der Waals surface area (Å²) in [6, 6.07) is 32.1. The molecule has 39 heavy (non-hydrogen) atoms. The Morgan fingerprint density at radius 3 is 1.26 bits per heavy atom. The Kier molecular flexibility index (Phi) is 10.5. The summed E-state index contributed by atoms with van der Waals surface area (Å²) in [5, 5.41) is 13.8. The van der Waals surface area contributed by atoms with Crippen molar-refractivity contribution in [3.8, 4) is 0 Å². The SMILES string of the molecule is O=C(Nc1ccc(Cl)cc1)[C@@H](NCCCN[C@H](C(=O)Nc1ccc(Cl)cc1)c1ccccc1)c1ccccc1. The summed E-state index contributed by atoms with van der Waals surface area (Å²) in [5.74, 6) is -0.332. The molecule has 0 spiro atoms. The van der Waals surface area contributed by atoms with Gasteiger partial charge in [-0.15, -0.1) is 0 Å². The molecule has 0 aromatic heterocycles. The number of halogens is 2. The Labute approximate surface area is 238 Å². The van der Waals surface area contributed by atoms with Gasteiger partial charge in [0.25, 0.3) is 0 Å². The van der Waals surface area contributed by atoms with E-state index in [1.165, 1.54) is 0 Å². The second kappa shape index (κ2) is 14.5. The number of carbonyl (C=O) groups excluding carboxylic acids is 2. The van der Waals surface area contributed by atoms with Gasteiger partial charge in [0.2, 0.25) is 11.8 Å². The molecule has 0 fully saturated rings. The molecule has 2 atom stereocenters. The first kappa shape index (κ1) is 28.3. The van der Waals surface area contributed by atoms with E-state index in [1.807, 2.05) is 60.7 Å². The Morgan fingerprint density at radius 1 is 0.538 bits per heavy atom. The van der Waals surface area contributed by atoms with Gasteiger partial charge in [0.05, 0.1) is 0 Å². The molecule has 2 amide bonds. The first-order valence-electron chi connectivity index (χ1n) is 12.7. The van der Waals surface area contributed by atoms with Crippen LogP contribution in [0.3, 0.4) is 0 Å². The van der Waals surface area contributed by atoms with Gasteiger partial charge in [0.15, 0.2) is 0 Å². The third-order valence-electron chi connectivity index (χ3n) is 6.06. The zero-order chi connectivity index (χ0) is 27.5. The van der Waals surface area contributed by atoms with Crippen LogP contribution < -0.4 is 21.3 Å². The number of amides is 2. The van der Waals surface area contributed by atoms with Gasteiger partial charge in [-0.05, 0) is 79.2 Å². The lowest BCUT2D eigenvalue weighted by Crippen LogP contribution is -2.36. The van der Waals surface area contributed by atoms with Crippen molar-refractivity contribution < 1.29 is 9.59 Å². The van der Waals surface area contributed by atoms with Crippen LogP contribution in [-0.2, 0) is 9.59 Å². The molecular formula is C31H30Cl2N4O2. The number of rotatable bonds is 12. The first-order valence-corrected chi connectivity index (χ1v) is 13.4. The van der Waals surface area contributed by atoms with Crippen LogP contribution in [0, 0.1) is 0 Å². The molecule has 6 nitrogen and oxygen atoms in total. The Bertz CT molecular complexity index is 1230. The molecule has 4 rings (SSSR count). The normalized spacial score (nSPS) is 12.4. The van der Waals surface area contributed by atoms with Crippen molar-refractivity contribution in [2.24, 2.45) is 0 Å². The molecule has 200 valence electrons. The van der Waals surface area contributed by atoms with Gasteiger partial charge in [0.1, 0.15) is 12.1 Å². The lowest BCUT2D eigenvalue weighted by molar-refractivity contribution is -0.119. The third-order valence-corrected chi connectivity index (χ3v) is 6.57. The molecule has 8 heteroatoms. The molecule has 4 aromatic carbocycles. The van der Waals surface area contributed by atoms with E-state index in [0.717, 1.165) is 11.1 Å². The van der Waals surface area contributed by atoms with Gasteiger partial charge in [-0.2, -0.15) is 0 Å². The van der Waals surface area contributed by atoms with E-state index in [9.17, 15) is 9.59 Å². The van der Waals surface area contributed by atoms with Crippen molar-refractivity contribution in [2.75, 3.05) is 23.7 Å². The zero-order valence-corrected chi connectivity index (χ0v) is 22.8. The fourth-order valence-electron chi connectivity index (χ4n) is 4.09. The zero-order valence-electron chi connectivity index (χ0n) is 21.2. The van der Waals surface area contributed by atoms with Crippen LogP contribution in [0.5, 0.6) is 0 Å². The van der Waals surface area contributed by atoms with Crippen LogP contribution in [0.4, 0.5) is 11.4 Å². The number of benzene rings is 4. The average molecular weight is 562 g/mol. The van der Waals surface area contributed by atoms with Crippen LogP contribution in [-0.4, -0.2) is 24.9 Å². The van der Waals surface area contributed by atoms with Crippen LogP contribution in [0.2, 0.25) is 10.0 Å². The molecule has 0 heterocycles. The largest absolute Gasteiger partial charge is 0.324 e. The first-order chi connectivity index (χ1) is 19.0. The topological polar surface area (TPSA) is 82.3 Å². The van der Waals surface area contributed by atoms with E-state index in [0.29, 0.717) is 40.9 Å². The summed E-state index contributed by atoms with van der Waals surface area (Å²) in [4.78, 5) is 26.3. The smallest absolute Gasteiger partial charge is 0.246 e. The Hall–Kier alpha value is -3.68. The van der Waals surface area contributed by atoms with Crippen molar-refractivity contribution in [1.29, 1.82) is 0 Å². The highest BCUT2D eigenvalue weighted by Crippen LogP contribution is 2.20. The maximum Gasteiger partial charge on any atom is 0.246 e. The molecule has 0 aliphatic carbocycles. The quantitative estimate of drug-likeness (QED) is 0.147. The van der Waals surface area contributed by atoms with Crippen LogP contribution >= 0.6 is 23.2 Å². The minimum atomic E-state index is -0.542. The molecule has 0 unspecified atom stereocenters. The minimum Gasteiger partial charge on any atom is -0.324 e. The van der Waals surface area contributed by atoms with Gasteiger partial charge in [0, 0.05) is 21.4 Å². The summed E-state index contributed by atoms with van der Waals surface area (Å²) in [5.41, 5.74) is 3.07. The summed E-state index contributed by atoms with van der Waals surface area (Å²) in [7, 11) is 0. The van der Waals surface area contributed by atoms with Crippen molar-refractivity contribution >= 4 is 46.4 Å². The van der Waals surface area contributed by atoms with E-state index in [4.69, 9.17) is 23.2 Å². The molecule has 0 aliphatic rings. The molecule has 0 aliphatic heterocycles. The highest BCUT2D eigenvalue weighted by Gasteiger charge is 2.22. The molecule has 4 aromatic rings. The number of anilines is 2. The molecule has 4 N–H and O–H groups in total. The van der Waals surface area contributed by atoms with Crippen LogP contribution in [0.15, 0.2) is 109 Å². The summed E-state index contributed by atoms with van der Waals surface area (Å²) < 4.78 is 0. The van der Waals surface area contributed by atoms with E-state index >= 15 is 0 Å². The predicted octanol–water partition coefficient (Wildman–Crippen LogP) is 6.62. The van der Waals surface area contributed by atoms with Crippen molar-refractivity contribution in [1.82, 2.24) is 10.6 Å². The maximum atomic E-state index is 13.2. The van der Waals surface area contributed by atoms with Crippen molar-refractivity contribution in [3.05, 3.63) is 130 Å². The van der Waals surface area contributed by atoms with Crippen LogP contribution in [0.25, 0.3) is 0 Å². The number of nitrogens with one attached hydrogen (secondary N) is 4. The summed E-state index contributed by atoms with van der Waals surface area (Å²) in [6.07, 6.45) is 0.690. The van der Waals surface area contributed by atoms with Crippen molar-refractivity contribution in [2.45, 2.75) is 18.5 Å². The van der Waals surface area contributed by atoms with Gasteiger partial charge >= 0.3 is 0 Å². The lowest BCUT2D eigenvalue weighted by atomic mass is 10.1. The van der Waals surface area contributed by atoms with Crippen LogP contribution in [0.1, 0.15) is 29.6 Å². The third kappa shape index (κ3) is 8.67. The predicted molar refractivity (Wildman–Crippen MR) is 159 cm³/mol. The lowest BCUT2D eigenvalue weighted by Gasteiger charge is -2.21. The van der Waals surface area contributed by atoms with E-state index in [1.54, 1.807) is 48.5 Å². The maximum absolute atomic E-state index is 13.2. The molecule has 0 saturated heterocycles. The fraction of sp³-hybridized carbons (Fsp3) is 0.161. The highest BCUT2D eigenvalue weighted by atomic mass is 35.5. The Morgan fingerprint density at radius 2 is 0.897 bits per heavy atom. The van der Waals surface area contributed by atoms with E-state index in [-0.39, 0.29) is 11.8 Å². The van der Waals surface area contributed by atoms with Gasteiger partial charge in [-0.25, -0.2) is 0 Å². The molecule has 0 saturated carbocycles. The van der Waals surface area contributed by atoms with Gasteiger partial charge < -0.3 is 21.3 Å². The van der Waals surface area contributed by atoms with E-state index in [2.05, 4.69) is 21.3 Å². The number of carbonyl (C=O) groups is 2. The minimum absolute atomic E-state index is 0.166. The van der Waals surface area contributed by atoms with Gasteiger partial charge in [-0.3, -0.25) is 9.59 Å². The highest BCUT2D eigenvalue weighted by molar-refractivity contribution is 6.31. The summed E-state index contributed by atoms with van der Waals surface area (Å²) >= 11 is 11.9. The summed E-state index contributed by atoms with van der Waals surface area (Å²) in [6.45, 7) is 1.11. The molecule has 0 bridgehead atoms. The standard InChI is InChI=1S/C31H30Cl2N4O2/c32-24-12-16-26(17-13-24)36-30(38)28(22-8-3-1-4-9-22)34-20-7-21-35-29(23-10-5-2-6-11-23)31(39)37-27-18-14-25(33)15-19-27/h1-6,8-19,28-29,34-35H,7,20-21H2,(H,36,38)(H,37,39)/t28-,29-/m0/s1. The van der Waals surface area contributed by atoms with E-state index < -0.39 is 12.1 Å².